The minimum atomic E-state index is -0.552. The number of amides is 1. The van der Waals surface area contributed by atoms with Crippen LogP contribution in [0.25, 0.3) is 0 Å². The molecule has 0 aliphatic rings. The summed E-state index contributed by atoms with van der Waals surface area (Å²) < 4.78 is 16.4. The molecule has 134 valence electrons. The molecule has 0 aromatic heterocycles. The molecule has 0 fully saturated rings. The van der Waals surface area contributed by atoms with Gasteiger partial charge in [0.05, 0.1) is 13.7 Å². The molecule has 6 heteroatoms. The fourth-order valence-corrected chi connectivity index (χ4v) is 2.25. The lowest BCUT2D eigenvalue weighted by Crippen LogP contribution is -2.39. The van der Waals surface area contributed by atoms with E-state index in [1.165, 1.54) is 0 Å². The van der Waals surface area contributed by atoms with Crippen LogP contribution in [0.15, 0.2) is 48.5 Å². The maximum absolute atomic E-state index is 12.2. The third-order valence-corrected chi connectivity index (χ3v) is 3.74. The minimum Gasteiger partial charge on any atom is -0.497 e. The Labute approximate surface area is 152 Å². The zero-order valence-corrected chi connectivity index (χ0v) is 15.1. The summed E-state index contributed by atoms with van der Waals surface area (Å²) in [6.45, 7) is 2.66. The molecule has 0 saturated heterocycles. The van der Waals surface area contributed by atoms with Crippen molar-refractivity contribution in [2.24, 2.45) is 0 Å². The summed E-state index contributed by atoms with van der Waals surface area (Å²) >= 11 is 5.82. The molecule has 0 spiro atoms. The van der Waals surface area contributed by atoms with Crippen molar-refractivity contribution in [2.75, 3.05) is 20.3 Å². The van der Waals surface area contributed by atoms with Gasteiger partial charge in [0.15, 0.2) is 6.10 Å². The van der Waals surface area contributed by atoms with E-state index < -0.39 is 6.10 Å². The predicted octanol–water partition coefficient (Wildman–Crippen LogP) is 3.70. The topological polar surface area (TPSA) is 56.8 Å². The molecule has 5 nitrogen and oxygen atoms in total. The van der Waals surface area contributed by atoms with Gasteiger partial charge in [0.25, 0.3) is 5.91 Å². The molecule has 0 heterocycles. The maximum atomic E-state index is 12.2. The van der Waals surface area contributed by atoms with Gasteiger partial charge in [-0.3, -0.25) is 4.79 Å². The highest BCUT2D eigenvalue weighted by atomic mass is 35.5. The van der Waals surface area contributed by atoms with Gasteiger partial charge in [0, 0.05) is 5.02 Å². The van der Waals surface area contributed by atoms with Gasteiger partial charge >= 0.3 is 0 Å². The number of nitrogens with one attached hydrogen (secondary N) is 1. The lowest BCUT2D eigenvalue weighted by atomic mass is 10.2. The Morgan fingerprint density at radius 1 is 1.04 bits per heavy atom. The number of hydrogen-bond acceptors (Lipinski definition) is 4. The van der Waals surface area contributed by atoms with Gasteiger partial charge in [0.1, 0.15) is 23.9 Å². The van der Waals surface area contributed by atoms with Gasteiger partial charge in [-0.2, -0.15) is 0 Å². The highest BCUT2D eigenvalue weighted by Gasteiger charge is 2.17. The van der Waals surface area contributed by atoms with Crippen LogP contribution in [0, 0.1) is 0 Å². The van der Waals surface area contributed by atoms with Crippen LogP contribution < -0.4 is 19.5 Å². The maximum Gasteiger partial charge on any atom is 0.261 e. The smallest absolute Gasteiger partial charge is 0.261 e. The van der Waals surface area contributed by atoms with Gasteiger partial charge < -0.3 is 19.5 Å². The Morgan fingerprint density at radius 2 is 1.64 bits per heavy atom. The first-order chi connectivity index (χ1) is 12.1. The Kier molecular flexibility index (Phi) is 7.41. The van der Waals surface area contributed by atoms with Crippen molar-refractivity contribution in [3.05, 3.63) is 53.6 Å². The molecule has 25 heavy (non-hydrogen) atoms. The quantitative estimate of drug-likeness (QED) is 0.690. The molecule has 1 atom stereocenters. The number of carbonyl (C=O) groups excluding carboxylic acids is 1. The van der Waals surface area contributed by atoms with Crippen LogP contribution in [-0.2, 0) is 4.79 Å². The fourth-order valence-electron chi connectivity index (χ4n) is 2.13. The van der Waals surface area contributed by atoms with Crippen LogP contribution in [0.3, 0.4) is 0 Å². The van der Waals surface area contributed by atoms with Crippen LogP contribution in [0.2, 0.25) is 5.02 Å². The average Bonchev–Trinajstić information content (AvgIpc) is 2.65. The summed E-state index contributed by atoms with van der Waals surface area (Å²) in [5.41, 5.74) is 0. The first-order valence-electron chi connectivity index (χ1n) is 8.09. The van der Waals surface area contributed by atoms with Gasteiger partial charge in [-0.1, -0.05) is 18.5 Å². The molecule has 0 saturated carbocycles. The monoisotopic (exact) mass is 363 g/mol. The van der Waals surface area contributed by atoms with Gasteiger partial charge in [-0.15, -0.1) is 0 Å². The fraction of sp³-hybridized carbons (Fsp3) is 0.316. The number of halogens is 1. The molecule has 1 amide bonds. The van der Waals surface area contributed by atoms with Crippen molar-refractivity contribution in [1.29, 1.82) is 0 Å². The largest absolute Gasteiger partial charge is 0.497 e. The van der Waals surface area contributed by atoms with Crippen molar-refractivity contribution in [3.63, 3.8) is 0 Å². The molecule has 0 aliphatic heterocycles. The van der Waals surface area contributed by atoms with E-state index in [2.05, 4.69) is 5.32 Å². The average molecular weight is 364 g/mol. The summed E-state index contributed by atoms with van der Waals surface area (Å²) in [5.74, 6) is 1.91. The second-order valence-electron chi connectivity index (χ2n) is 5.28. The van der Waals surface area contributed by atoms with Gasteiger partial charge in [0.2, 0.25) is 0 Å². The molecule has 0 bridgehead atoms. The van der Waals surface area contributed by atoms with E-state index in [1.54, 1.807) is 55.6 Å². The summed E-state index contributed by atoms with van der Waals surface area (Å²) in [6.07, 6.45) is 0.0135. The highest BCUT2D eigenvalue weighted by Crippen LogP contribution is 2.19. The number of rotatable bonds is 9. The lowest BCUT2D eigenvalue weighted by molar-refractivity contribution is -0.128. The van der Waals surface area contributed by atoms with Crippen molar-refractivity contribution < 1.29 is 19.0 Å². The molecule has 2 aromatic rings. The lowest BCUT2D eigenvalue weighted by Gasteiger charge is -2.17. The third-order valence-electron chi connectivity index (χ3n) is 3.48. The first-order valence-corrected chi connectivity index (χ1v) is 8.47. The molecular weight excluding hydrogens is 342 g/mol. The van der Waals surface area contributed by atoms with E-state index >= 15 is 0 Å². The molecule has 2 aromatic carbocycles. The molecular formula is C19H22ClNO4. The standard InChI is InChI=1S/C19H22ClNO4/c1-3-18(25-17-10-8-15(23-2)9-11-17)19(22)21-12-13-24-16-6-4-14(20)5-7-16/h4-11,18H,3,12-13H2,1-2H3,(H,21,22). The predicted molar refractivity (Wildman–Crippen MR) is 97.7 cm³/mol. The third kappa shape index (κ3) is 6.19. The summed E-state index contributed by atoms with van der Waals surface area (Å²) in [6, 6.07) is 14.2. The van der Waals surface area contributed by atoms with E-state index in [0.717, 1.165) is 5.75 Å². The Morgan fingerprint density at radius 3 is 2.24 bits per heavy atom. The zero-order valence-electron chi connectivity index (χ0n) is 14.3. The van der Waals surface area contributed by atoms with Crippen LogP contribution >= 0.6 is 11.6 Å². The van der Waals surface area contributed by atoms with E-state index in [0.29, 0.717) is 36.1 Å². The summed E-state index contributed by atoms with van der Waals surface area (Å²) in [7, 11) is 1.60. The highest BCUT2D eigenvalue weighted by molar-refractivity contribution is 6.30. The number of hydrogen-bond donors (Lipinski definition) is 1. The van der Waals surface area contributed by atoms with E-state index in [4.69, 9.17) is 25.8 Å². The second-order valence-corrected chi connectivity index (χ2v) is 5.72. The van der Waals surface area contributed by atoms with Crippen LogP contribution in [0.1, 0.15) is 13.3 Å². The number of methoxy groups -OCH3 is 1. The van der Waals surface area contributed by atoms with Crippen LogP contribution in [0.4, 0.5) is 0 Å². The van der Waals surface area contributed by atoms with Crippen molar-refractivity contribution in [1.82, 2.24) is 5.32 Å². The van der Waals surface area contributed by atoms with E-state index in [9.17, 15) is 4.79 Å². The first kappa shape index (κ1) is 18.9. The number of carbonyl (C=O) groups is 1. The van der Waals surface area contributed by atoms with Gasteiger partial charge in [-0.25, -0.2) is 0 Å². The zero-order chi connectivity index (χ0) is 18.1. The molecule has 1 N–H and O–H groups in total. The minimum absolute atomic E-state index is 0.168. The Hall–Kier alpha value is -2.40. The molecule has 0 aliphatic carbocycles. The normalized spacial score (nSPS) is 11.5. The van der Waals surface area contributed by atoms with Crippen LogP contribution in [0.5, 0.6) is 17.2 Å². The molecule has 2 rings (SSSR count). The molecule has 1 unspecified atom stereocenters. The Bertz CT molecular complexity index is 658. The SMILES string of the molecule is CCC(Oc1ccc(OC)cc1)C(=O)NCCOc1ccc(Cl)cc1. The molecule has 0 radical (unpaired) electrons. The summed E-state index contributed by atoms with van der Waals surface area (Å²) in [4.78, 5) is 12.2. The van der Waals surface area contributed by atoms with Crippen molar-refractivity contribution >= 4 is 17.5 Å². The number of ether oxygens (including phenoxy) is 3. The summed E-state index contributed by atoms with van der Waals surface area (Å²) in [5, 5.41) is 3.47. The van der Waals surface area contributed by atoms with E-state index in [1.807, 2.05) is 6.92 Å². The Balaban J connectivity index is 1.75. The number of benzene rings is 2. The van der Waals surface area contributed by atoms with Crippen molar-refractivity contribution in [3.8, 4) is 17.2 Å². The van der Waals surface area contributed by atoms with Crippen molar-refractivity contribution in [2.45, 2.75) is 19.4 Å². The van der Waals surface area contributed by atoms with Gasteiger partial charge in [-0.05, 0) is 55.0 Å². The van der Waals surface area contributed by atoms with E-state index in [-0.39, 0.29) is 5.91 Å². The van der Waals surface area contributed by atoms with Crippen LogP contribution in [-0.4, -0.2) is 32.3 Å². The second kappa shape index (κ2) is 9.79.